The second-order valence-corrected chi connectivity index (χ2v) is 5.21. The van der Waals surface area contributed by atoms with Crippen molar-refractivity contribution in [3.8, 4) is 22.9 Å². The van der Waals surface area contributed by atoms with E-state index in [1.54, 1.807) is 12.1 Å². The Bertz CT molecular complexity index is 883. The number of esters is 2. The van der Waals surface area contributed by atoms with Gasteiger partial charge in [0, 0.05) is 17.7 Å². The van der Waals surface area contributed by atoms with Crippen LogP contribution in [-0.4, -0.2) is 24.8 Å². The normalized spacial score (nSPS) is 10.8. The van der Waals surface area contributed by atoms with Gasteiger partial charge in [0.25, 0.3) is 6.29 Å². The SMILES string of the molecule is C=CC(=O)OCC(OC(=O)C=C)Oc1cc(C#N)ccc1-c1ccccc1. The van der Waals surface area contributed by atoms with Gasteiger partial charge in [0.15, 0.2) is 6.61 Å². The van der Waals surface area contributed by atoms with E-state index >= 15 is 0 Å². The van der Waals surface area contributed by atoms with E-state index < -0.39 is 18.2 Å². The molecule has 0 bridgehead atoms. The van der Waals surface area contributed by atoms with Crippen LogP contribution in [0.2, 0.25) is 0 Å². The van der Waals surface area contributed by atoms with E-state index in [4.69, 9.17) is 19.5 Å². The lowest BCUT2D eigenvalue weighted by molar-refractivity contribution is -0.170. The number of rotatable bonds is 8. The number of hydrogen-bond donors (Lipinski definition) is 0. The summed E-state index contributed by atoms with van der Waals surface area (Å²) in [5, 5.41) is 9.16. The van der Waals surface area contributed by atoms with Gasteiger partial charge in [-0.25, -0.2) is 9.59 Å². The fourth-order valence-corrected chi connectivity index (χ4v) is 2.17. The van der Waals surface area contributed by atoms with Gasteiger partial charge in [-0.1, -0.05) is 43.5 Å². The third-order valence-corrected chi connectivity index (χ3v) is 3.40. The van der Waals surface area contributed by atoms with E-state index in [9.17, 15) is 9.59 Å². The van der Waals surface area contributed by atoms with Crippen molar-refractivity contribution in [3.63, 3.8) is 0 Å². The van der Waals surface area contributed by atoms with Gasteiger partial charge in [-0.15, -0.1) is 0 Å². The maximum atomic E-state index is 11.6. The van der Waals surface area contributed by atoms with Crippen molar-refractivity contribution in [2.75, 3.05) is 6.61 Å². The molecule has 0 radical (unpaired) electrons. The van der Waals surface area contributed by atoms with E-state index in [0.717, 1.165) is 17.7 Å². The van der Waals surface area contributed by atoms with Gasteiger partial charge < -0.3 is 14.2 Å². The summed E-state index contributed by atoms with van der Waals surface area (Å²) in [4.78, 5) is 22.9. The molecule has 27 heavy (non-hydrogen) atoms. The molecule has 0 aliphatic carbocycles. The van der Waals surface area contributed by atoms with Crippen LogP contribution in [0.1, 0.15) is 5.56 Å². The minimum atomic E-state index is -1.23. The molecule has 0 saturated carbocycles. The smallest absolute Gasteiger partial charge is 0.333 e. The molecule has 2 rings (SSSR count). The van der Waals surface area contributed by atoms with Crippen LogP contribution in [0.25, 0.3) is 11.1 Å². The summed E-state index contributed by atoms with van der Waals surface area (Å²) in [5.41, 5.74) is 1.89. The molecule has 6 heteroatoms. The van der Waals surface area contributed by atoms with Crippen LogP contribution in [0.3, 0.4) is 0 Å². The van der Waals surface area contributed by atoms with Gasteiger partial charge in [-0.05, 0) is 23.8 Å². The van der Waals surface area contributed by atoms with Crippen LogP contribution in [0.5, 0.6) is 5.75 Å². The fraction of sp³-hybridized carbons (Fsp3) is 0.0952. The second-order valence-electron chi connectivity index (χ2n) is 5.21. The summed E-state index contributed by atoms with van der Waals surface area (Å²) >= 11 is 0. The molecule has 1 atom stereocenters. The summed E-state index contributed by atoms with van der Waals surface area (Å²) < 4.78 is 15.8. The van der Waals surface area contributed by atoms with Crippen molar-refractivity contribution in [3.05, 3.63) is 79.4 Å². The topological polar surface area (TPSA) is 85.6 Å². The van der Waals surface area contributed by atoms with Crippen molar-refractivity contribution in [1.29, 1.82) is 5.26 Å². The molecule has 0 N–H and O–H groups in total. The Balaban J connectivity index is 2.35. The van der Waals surface area contributed by atoms with E-state index in [2.05, 4.69) is 13.2 Å². The lowest BCUT2D eigenvalue weighted by atomic mass is 10.0. The molecule has 136 valence electrons. The number of nitriles is 1. The molecule has 0 heterocycles. The molecule has 2 aromatic rings. The molecule has 0 aliphatic heterocycles. The highest BCUT2D eigenvalue weighted by atomic mass is 16.7. The first-order chi connectivity index (χ1) is 13.1. The van der Waals surface area contributed by atoms with Crippen molar-refractivity contribution in [2.24, 2.45) is 0 Å². The van der Waals surface area contributed by atoms with Crippen LogP contribution in [0.15, 0.2) is 73.8 Å². The van der Waals surface area contributed by atoms with Crippen molar-refractivity contribution < 1.29 is 23.8 Å². The van der Waals surface area contributed by atoms with Gasteiger partial charge in [0.2, 0.25) is 0 Å². The van der Waals surface area contributed by atoms with Gasteiger partial charge in [0.1, 0.15) is 5.75 Å². The van der Waals surface area contributed by atoms with Crippen molar-refractivity contribution >= 4 is 11.9 Å². The zero-order valence-electron chi connectivity index (χ0n) is 14.5. The monoisotopic (exact) mass is 363 g/mol. The molecular formula is C21H17NO5. The van der Waals surface area contributed by atoms with E-state index in [-0.39, 0.29) is 6.61 Å². The number of ether oxygens (including phenoxy) is 3. The maximum absolute atomic E-state index is 11.6. The molecule has 0 spiro atoms. The molecule has 0 amide bonds. The molecule has 0 aliphatic rings. The Labute approximate surface area is 156 Å². The quantitative estimate of drug-likeness (QED) is 0.406. The van der Waals surface area contributed by atoms with E-state index in [1.165, 1.54) is 6.07 Å². The van der Waals surface area contributed by atoms with Crippen LogP contribution < -0.4 is 4.74 Å². The minimum Gasteiger partial charge on any atom is -0.455 e. The molecule has 2 aromatic carbocycles. The lowest BCUT2D eigenvalue weighted by Gasteiger charge is -2.20. The number of benzene rings is 2. The zero-order valence-corrected chi connectivity index (χ0v) is 14.5. The highest BCUT2D eigenvalue weighted by molar-refractivity contribution is 5.82. The first-order valence-corrected chi connectivity index (χ1v) is 7.96. The average molecular weight is 363 g/mol. The Kier molecular flexibility index (Phi) is 6.91. The lowest BCUT2D eigenvalue weighted by Crippen LogP contribution is -2.30. The molecule has 1 unspecified atom stereocenters. The molecule has 0 fully saturated rings. The fourth-order valence-electron chi connectivity index (χ4n) is 2.17. The van der Waals surface area contributed by atoms with Crippen molar-refractivity contribution in [2.45, 2.75) is 6.29 Å². The summed E-state index contributed by atoms with van der Waals surface area (Å²) in [6.45, 7) is 6.28. The summed E-state index contributed by atoms with van der Waals surface area (Å²) in [6, 6.07) is 16.3. The minimum absolute atomic E-state index is 0.303. The van der Waals surface area contributed by atoms with Gasteiger partial charge in [-0.2, -0.15) is 5.26 Å². The van der Waals surface area contributed by atoms with E-state index in [1.807, 2.05) is 36.4 Å². The van der Waals surface area contributed by atoms with Gasteiger partial charge in [0.05, 0.1) is 11.6 Å². The predicted octanol–water partition coefficient (Wildman–Crippen LogP) is 3.39. The maximum Gasteiger partial charge on any atom is 0.333 e. The van der Waals surface area contributed by atoms with Gasteiger partial charge in [-0.3, -0.25) is 0 Å². The highest BCUT2D eigenvalue weighted by Gasteiger charge is 2.19. The third kappa shape index (κ3) is 5.58. The Morgan fingerprint density at radius 1 is 1.07 bits per heavy atom. The van der Waals surface area contributed by atoms with Crippen molar-refractivity contribution in [1.82, 2.24) is 0 Å². The molecular weight excluding hydrogens is 346 g/mol. The van der Waals surface area contributed by atoms with Crippen LogP contribution in [0, 0.1) is 11.3 Å². The van der Waals surface area contributed by atoms with Crippen LogP contribution in [0.4, 0.5) is 0 Å². The van der Waals surface area contributed by atoms with Gasteiger partial charge >= 0.3 is 11.9 Å². The van der Waals surface area contributed by atoms with E-state index in [0.29, 0.717) is 16.9 Å². The number of carbonyl (C=O) groups excluding carboxylic acids is 2. The van der Waals surface area contributed by atoms with Crippen LogP contribution in [-0.2, 0) is 19.1 Å². The van der Waals surface area contributed by atoms with Crippen LogP contribution >= 0.6 is 0 Å². The zero-order chi connectivity index (χ0) is 19.6. The third-order valence-electron chi connectivity index (χ3n) is 3.40. The summed E-state index contributed by atoms with van der Waals surface area (Å²) in [5.74, 6) is -1.13. The first-order valence-electron chi connectivity index (χ1n) is 7.96. The molecule has 6 nitrogen and oxygen atoms in total. The molecule has 0 aromatic heterocycles. The number of carbonyl (C=O) groups is 2. The number of hydrogen-bond acceptors (Lipinski definition) is 6. The Morgan fingerprint density at radius 2 is 1.78 bits per heavy atom. The average Bonchev–Trinajstić information content (AvgIpc) is 2.72. The Morgan fingerprint density at radius 3 is 2.41 bits per heavy atom. The summed E-state index contributed by atoms with van der Waals surface area (Å²) in [7, 11) is 0. The second kappa shape index (κ2) is 9.59. The highest BCUT2D eigenvalue weighted by Crippen LogP contribution is 2.31. The first kappa shape index (κ1) is 19.5. The standard InChI is InChI=1S/C21H17NO5/c1-3-19(23)25-14-21(27-20(24)4-2)26-18-12-15(13-22)10-11-17(18)16-8-6-5-7-9-16/h3-12,21H,1-2,14H2. The Hall–Kier alpha value is -3.85. The summed E-state index contributed by atoms with van der Waals surface area (Å²) in [6.07, 6.45) is 0.726. The molecule has 0 saturated heterocycles. The largest absolute Gasteiger partial charge is 0.455 e. The number of nitrogens with zero attached hydrogens (tertiary/aromatic N) is 1. The predicted molar refractivity (Wildman–Crippen MR) is 98.5 cm³/mol.